The number of rotatable bonds is 10. The molecular formula is C31H36N4O3S. The molecule has 0 spiro atoms. The number of hydrogen-bond acceptors (Lipinski definition) is 5. The highest BCUT2D eigenvalue weighted by molar-refractivity contribution is 8.06. The van der Waals surface area contributed by atoms with Crippen molar-refractivity contribution in [2.45, 2.75) is 46.1 Å². The number of benzene rings is 2. The van der Waals surface area contributed by atoms with Gasteiger partial charge in [-0.3, -0.25) is 0 Å². The van der Waals surface area contributed by atoms with Crippen molar-refractivity contribution in [2.24, 2.45) is 11.8 Å². The van der Waals surface area contributed by atoms with Gasteiger partial charge in [0.2, 0.25) is 0 Å². The lowest BCUT2D eigenvalue weighted by molar-refractivity contribution is 0.129. The zero-order valence-corrected chi connectivity index (χ0v) is 23.7. The molecule has 2 aromatic carbocycles. The van der Waals surface area contributed by atoms with Crippen LogP contribution in [0.2, 0.25) is 0 Å². The van der Waals surface area contributed by atoms with Crippen molar-refractivity contribution < 1.29 is 14.6 Å². The number of thioether (sulfide) groups is 1. The number of fused-ring (bicyclic) bond motifs is 1. The van der Waals surface area contributed by atoms with Crippen LogP contribution in [0.5, 0.6) is 5.75 Å². The summed E-state index contributed by atoms with van der Waals surface area (Å²) in [7, 11) is 1.67. The minimum absolute atomic E-state index is 0.301. The standard InChI is InChI=1S/C31H36N4O3S/c1-21-12-27(9-11-30(21)38-4)22(2)19-39-23(3)16-34(31(36)37)17-25-6-5-7-26(13-25)18-35-20-33-28-10-8-24(15-32)14-29(28)35/h8-12,14,19-20,25-26H,3,5-7,13,16-18H2,1-2,4H3,(H,36,37)/b22-19+. The molecule has 1 heterocycles. The average molecular weight is 545 g/mol. The number of nitriles is 1. The topological polar surface area (TPSA) is 91.4 Å². The fourth-order valence-corrected chi connectivity index (χ4v) is 6.13. The molecule has 1 aliphatic carbocycles. The summed E-state index contributed by atoms with van der Waals surface area (Å²) in [4.78, 5) is 18.9. The fraction of sp³-hybridized carbons (Fsp3) is 0.387. The predicted molar refractivity (Wildman–Crippen MR) is 158 cm³/mol. The molecule has 8 heteroatoms. The van der Waals surface area contributed by atoms with Crippen molar-refractivity contribution in [3.8, 4) is 11.8 Å². The highest BCUT2D eigenvalue weighted by Gasteiger charge is 2.26. The molecule has 0 radical (unpaired) electrons. The summed E-state index contributed by atoms with van der Waals surface area (Å²) < 4.78 is 7.48. The van der Waals surface area contributed by atoms with Gasteiger partial charge in [0.1, 0.15) is 5.75 Å². The molecule has 1 fully saturated rings. The second-order valence-corrected chi connectivity index (χ2v) is 11.5. The minimum atomic E-state index is -0.907. The molecule has 2 atom stereocenters. The van der Waals surface area contributed by atoms with Crippen molar-refractivity contribution in [1.29, 1.82) is 5.26 Å². The zero-order chi connectivity index (χ0) is 27.9. The van der Waals surface area contributed by atoms with Crippen molar-refractivity contribution in [2.75, 3.05) is 20.2 Å². The second kappa shape index (κ2) is 12.9. The molecular weight excluding hydrogens is 508 g/mol. The third kappa shape index (κ3) is 7.24. The van der Waals surface area contributed by atoms with E-state index in [9.17, 15) is 15.2 Å². The van der Waals surface area contributed by atoms with Crippen LogP contribution >= 0.6 is 11.8 Å². The van der Waals surface area contributed by atoms with Crippen molar-refractivity contribution in [1.82, 2.24) is 14.5 Å². The van der Waals surface area contributed by atoms with Crippen LogP contribution in [0.3, 0.4) is 0 Å². The van der Waals surface area contributed by atoms with Crippen LogP contribution in [0, 0.1) is 30.1 Å². The smallest absolute Gasteiger partial charge is 0.407 e. The molecule has 0 aliphatic heterocycles. The first-order valence-electron chi connectivity index (χ1n) is 13.3. The highest BCUT2D eigenvalue weighted by atomic mass is 32.2. The molecule has 1 aliphatic rings. The molecule has 4 rings (SSSR count). The number of methoxy groups -OCH3 is 1. The van der Waals surface area contributed by atoms with Crippen molar-refractivity contribution >= 4 is 34.5 Å². The molecule has 2 unspecified atom stereocenters. The lowest BCUT2D eigenvalue weighted by Gasteiger charge is -2.32. The first kappa shape index (κ1) is 28.3. The monoisotopic (exact) mass is 544 g/mol. The van der Waals surface area contributed by atoms with E-state index in [1.165, 1.54) is 16.7 Å². The van der Waals surface area contributed by atoms with Gasteiger partial charge in [0.25, 0.3) is 0 Å². The Morgan fingerprint density at radius 1 is 1.31 bits per heavy atom. The Labute approximate surface area is 234 Å². The van der Waals surface area contributed by atoms with E-state index in [4.69, 9.17) is 4.74 Å². The number of imidazole rings is 1. The van der Waals surface area contributed by atoms with Gasteiger partial charge in [0, 0.05) is 18.0 Å². The zero-order valence-electron chi connectivity index (χ0n) is 22.9. The van der Waals surface area contributed by atoms with Crippen LogP contribution in [0.1, 0.15) is 49.3 Å². The largest absolute Gasteiger partial charge is 0.496 e. The second-order valence-electron chi connectivity index (χ2n) is 10.4. The van der Waals surface area contributed by atoms with Gasteiger partial charge in [-0.05, 0) is 97.4 Å². The van der Waals surface area contributed by atoms with Crippen LogP contribution in [0.15, 0.2) is 59.6 Å². The van der Waals surface area contributed by atoms with E-state index >= 15 is 0 Å². The molecule has 204 valence electrons. The lowest BCUT2D eigenvalue weighted by atomic mass is 9.81. The molecule has 39 heavy (non-hydrogen) atoms. The van der Waals surface area contributed by atoms with Gasteiger partial charge in [-0.15, -0.1) is 11.8 Å². The van der Waals surface area contributed by atoms with E-state index in [-0.39, 0.29) is 0 Å². The molecule has 1 amide bonds. The Kier molecular flexibility index (Phi) is 9.36. The molecule has 1 saturated carbocycles. The van der Waals surface area contributed by atoms with Crippen molar-refractivity contribution in [3.05, 3.63) is 76.3 Å². The SMILES string of the molecule is C=C(CN(CC1CCCC(Cn2cnc3ccc(C#N)cc32)C1)C(=O)O)S/C=C(\C)c1ccc(OC)c(C)c1. The summed E-state index contributed by atoms with van der Waals surface area (Å²) in [6.45, 7) is 9.85. The lowest BCUT2D eigenvalue weighted by Crippen LogP contribution is -2.37. The Hall–Kier alpha value is -3.70. The van der Waals surface area contributed by atoms with Crippen LogP contribution < -0.4 is 4.74 Å². The summed E-state index contributed by atoms with van der Waals surface area (Å²) in [5, 5.41) is 21.2. The maximum atomic E-state index is 12.1. The Morgan fingerprint density at radius 3 is 2.82 bits per heavy atom. The molecule has 1 aromatic heterocycles. The number of amides is 1. The van der Waals surface area contributed by atoms with Gasteiger partial charge in [-0.1, -0.05) is 19.1 Å². The van der Waals surface area contributed by atoms with E-state index in [0.717, 1.165) is 70.6 Å². The molecule has 7 nitrogen and oxygen atoms in total. The Bertz CT molecular complexity index is 1420. The van der Waals surface area contributed by atoms with E-state index in [0.29, 0.717) is 30.5 Å². The minimum Gasteiger partial charge on any atom is -0.496 e. The van der Waals surface area contributed by atoms with Crippen LogP contribution in [0.4, 0.5) is 4.79 Å². The van der Waals surface area contributed by atoms with Crippen LogP contribution in [0.25, 0.3) is 16.6 Å². The summed E-state index contributed by atoms with van der Waals surface area (Å²) in [5.74, 6) is 1.61. The summed E-state index contributed by atoms with van der Waals surface area (Å²) in [6.07, 6.45) is 5.13. The number of allylic oxidation sites excluding steroid dienone is 1. The van der Waals surface area contributed by atoms with E-state index in [1.54, 1.807) is 13.2 Å². The van der Waals surface area contributed by atoms with Gasteiger partial charge in [0.05, 0.1) is 42.6 Å². The maximum absolute atomic E-state index is 12.1. The molecule has 3 aromatic rings. The average Bonchev–Trinajstić information content (AvgIpc) is 3.33. The van der Waals surface area contributed by atoms with Crippen molar-refractivity contribution in [3.63, 3.8) is 0 Å². The Balaban J connectivity index is 1.34. The predicted octanol–water partition coefficient (Wildman–Crippen LogP) is 7.32. The van der Waals surface area contributed by atoms with Gasteiger partial charge in [-0.2, -0.15) is 5.26 Å². The number of hydrogen-bond donors (Lipinski definition) is 1. The number of ether oxygens (including phenoxy) is 1. The maximum Gasteiger partial charge on any atom is 0.407 e. The molecule has 1 N–H and O–H groups in total. The number of nitrogens with zero attached hydrogens (tertiary/aromatic N) is 4. The van der Waals surface area contributed by atoms with Crippen LogP contribution in [-0.2, 0) is 6.54 Å². The highest BCUT2D eigenvalue weighted by Crippen LogP contribution is 2.33. The summed E-state index contributed by atoms with van der Waals surface area (Å²) >= 11 is 1.48. The fourth-order valence-electron chi connectivity index (χ4n) is 5.42. The molecule has 0 bridgehead atoms. The van der Waals surface area contributed by atoms with E-state index in [2.05, 4.69) is 28.3 Å². The van der Waals surface area contributed by atoms with E-state index < -0.39 is 6.09 Å². The molecule has 0 saturated heterocycles. The van der Waals surface area contributed by atoms with Gasteiger partial charge in [0.15, 0.2) is 0 Å². The summed E-state index contributed by atoms with van der Waals surface area (Å²) in [5.41, 5.74) is 5.77. The van der Waals surface area contributed by atoms with Crippen LogP contribution in [-0.4, -0.2) is 45.9 Å². The Morgan fingerprint density at radius 2 is 2.10 bits per heavy atom. The first-order chi connectivity index (χ1) is 18.8. The van der Waals surface area contributed by atoms with Gasteiger partial charge >= 0.3 is 6.09 Å². The quantitative estimate of drug-likeness (QED) is 0.288. The third-order valence-electron chi connectivity index (χ3n) is 7.47. The number of carbonyl (C=O) groups is 1. The number of aromatic nitrogens is 2. The van der Waals surface area contributed by atoms with Gasteiger partial charge in [-0.25, -0.2) is 9.78 Å². The first-order valence-corrected chi connectivity index (χ1v) is 14.1. The van der Waals surface area contributed by atoms with Gasteiger partial charge < -0.3 is 19.3 Å². The summed E-state index contributed by atoms with van der Waals surface area (Å²) in [6, 6.07) is 13.9. The third-order valence-corrected chi connectivity index (χ3v) is 8.40. The van der Waals surface area contributed by atoms with E-state index in [1.807, 2.05) is 49.8 Å². The number of carboxylic acid groups (broad SMARTS) is 1. The normalized spacial score (nSPS) is 17.5. The number of aryl methyl sites for hydroxylation is 1.